The fourth-order valence-electron chi connectivity index (χ4n) is 3.87. The highest BCUT2D eigenvalue weighted by molar-refractivity contribution is 7.18. The predicted octanol–water partition coefficient (Wildman–Crippen LogP) is 3.73. The highest BCUT2D eigenvalue weighted by atomic mass is 32.1. The number of nitrogens with zero attached hydrogens (tertiary/aromatic N) is 2. The number of aliphatic hydroxyl groups excluding tert-OH is 1. The Labute approximate surface area is 165 Å². The zero-order chi connectivity index (χ0) is 19.6. The van der Waals surface area contributed by atoms with Crippen molar-refractivity contribution in [2.24, 2.45) is 11.8 Å². The smallest absolute Gasteiger partial charge is 0.259 e. The van der Waals surface area contributed by atoms with Crippen LogP contribution in [0.1, 0.15) is 63.2 Å². The van der Waals surface area contributed by atoms with E-state index in [0.29, 0.717) is 24.8 Å². The van der Waals surface area contributed by atoms with Crippen molar-refractivity contribution in [3.8, 4) is 0 Å². The van der Waals surface area contributed by atoms with Crippen LogP contribution in [0.5, 0.6) is 0 Å². The van der Waals surface area contributed by atoms with E-state index in [1.807, 2.05) is 13.8 Å². The van der Waals surface area contributed by atoms with Gasteiger partial charge in [-0.2, -0.15) is 0 Å². The van der Waals surface area contributed by atoms with E-state index in [4.69, 9.17) is 4.98 Å². The van der Waals surface area contributed by atoms with Gasteiger partial charge in [-0.3, -0.25) is 9.69 Å². The number of rotatable bonds is 7. The molecule has 0 fully saturated rings. The zero-order valence-electron chi connectivity index (χ0n) is 17.0. The molecule has 27 heavy (non-hydrogen) atoms. The van der Waals surface area contributed by atoms with Crippen LogP contribution in [0.2, 0.25) is 0 Å². The van der Waals surface area contributed by atoms with Crippen LogP contribution in [0.3, 0.4) is 0 Å². The normalized spacial score (nSPS) is 16.3. The van der Waals surface area contributed by atoms with Gasteiger partial charge in [0.2, 0.25) is 0 Å². The second-order valence-corrected chi connectivity index (χ2v) is 9.74. The van der Waals surface area contributed by atoms with E-state index in [0.717, 1.165) is 36.0 Å². The monoisotopic (exact) mass is 391 g/mol. The average Bonchev–Trinajstić information content (AvgIpc) is 2.76. The first-order valence-corrected chi connectivity index (χ1v) is 11.1. The molecule has 0 aliphatic heterocycles. The number of hydrogen-bond donors (Lipinski definition) is 2. The molecule has 2 aromatic rings. The minimum absolute atomic E-state index is 0.00306. The van der Waals surface area contributed by atoms with Gasteiger partial charge in [-0.15, -0.1) is 11.3 Å². The first-order chi connectivity index (χ1) is 12.8. The Morgan fingerprint density at radius 2 is 1.89 bits per heavy atom. The number of hydrogen-bond acceptors (Lipinski definition) is 5. The molecule has 150 valence electrons. The molecule has 0 bridgehead atoms. The van der Waals surface area contributed by atoms with Crippen LogP contribution in [0.4, 0.5) is 0 Å². The van der Waals surface area contributed by atoms with Crippen molar-refractivity contribution in [1.29, 1.82) is 0 Å². The van der Waals surface area contributed by atoms with Crippen LogP contribution in [0.25, 0.3) is 10.2 Å². The maximum atomic E-state index is 12.8. The number of fused-ring (bicyclic) bond motifs is 3. The SMILES string of the molecule is CC(C)CN(Cc1nc2sc3c(c2c(=O)[nH]1)CCCCC3)CC(O)C(C)C. The van der Waals surface area contributed by atoms with Gasteiger partial charge in [0, 0.05) is 18.0 Å². The minimum Gasteiger partial charge on any atom is -0.392 e. The van der Waals surface area contributed by atoms with Crippen molar-refractivity contribution in [3.05, 3.63) is 26.6 Å². The molecule has 2 N–H and O–H groups in total. The number of aromatic nitrogens is 2. The number of nitrogens with one attached hydrogen (secondary N) is 1. The quantitative estimate of drug-likeness (QED) is 0.706. The molecule has 1 unspecified atom stereocenters. The standard InChI is InChI=1S/C21H33N3O2S/c1-13(2)10-24(11-16(25)14(3)4)12-18-22-20(26)19-15-8-6-5-7-9-17(15)27-21(19)23-18/h13-14,16,25H,5-12H2,1-4H3,(H,22,23,26). The van der Waals surface area contributed by atoms with Gasteiger partial charge in [-0.25, -0.2) is 4.98 Å². The molecule has 0 spiro atoms. The van der Waals surface area contributed by atoms with Gasteiger partial charge < -0.3 is 10.1 Å². The van der Waals surface area contributed by atoms with Crippen molar-refractivity contribution in [1.82, 2.24) is 14.9 Å². The van der Waals surface area contributed by atoms with Gasteiger partial charge in [-0.1, -0.05) is 34.1 Å². The Balaban J connectivity index is 1.87. The molecule has 0 saturated carbocycles. The van der Waals surface area contributed by atoms with E-state index in [9.17, 15) is 9.90 Å². The minimum atomic E-state index is -0.378. The summed E-state index contributed by atoms with van der Waals surface area (Å²) >= 11 is 1.70. The van der Waals surface area contributed by atoms with Crippen molar-refractivity contribution in [3.63, 3.8) is 0 Å². The van der Waals surface area contributed by atoms with E-state index in [1.54, 1.807) is 11.3 Å². The highest BCUT2D eigenvalue weighted by Gasteiger charge is 2.21. The second-order valence-electron chi connectivity index (χ2n) is 8.66. The molecule has 1 aliphatic carbocycles. The number of aromatic amines is 1. The summed E-state index contributed by atoms with van der Waals surface area (Å²) in [5.41, 5.74) is 1.24. The first kappa shape index (κ1) is 20.5. The largest absolute Gasteiger partial charge is 0.392 e. The molecule has 6 heteroatoms. The fourth-order valence-corrected chi connectivity index (χ4v) is 5.15. The Morgan fingerprint density at radius 3 is 2.59 bits per heavy atom. The van der Waals surface area contributed by atoms with Crippen LogP contribution in [-0.4, -0.2) is 39.2 Å². The Kier molecular flexibility index (Phi) is 6.71. The summed E-state index contributed by atoms with van der Waals surface area (Å²) in [6.45, 7) is 10.4. The molecule has 2 heterocycles. The Hall–Kier alpha value is -1.24. The molecular weight excluding hydrogens is 358 g/mol. The zero-order valence-corrected chi connectivity index (χ0v) is 17.9. The van der Waals surface area contributed by atoms with Gasteiger partial charge >= 0.3 is 0 Å². The molecule has 1 atom stereocenters. The molecule has 0 aromatic carbocycles. The molecule has 0 radical (unpaired) electrons. The number of thiophene rings is 1. The molecular formula is C21H33N3O2S. The van der Waals surface area contributed by atoms with Crippen LogP contribution in [0, 0.1) is 11.8 Å². The van der Waals surface area contributed by atoms with Crippen molar-refractivity contribution >= 4 is 21.6 Å². The first-order valence-electron chi connectivity index (χ1n) is 10.3. The van der Waals surface area contributed by atoms with Gasteiger partial charge in [0.25, 0.3) is 5.56 Å². The summed E-state index contributed by atoms with van der Waals surface area (Å²) in [4.78, 5) is 25.1. The summed E-state index contributed by atoms with van der Waals surface area (Å²) in [5, 5.41) is 11.1. The number of H-pyrrole nitrogens is 1. The van der Waals surface area contributed by atoms with Crippen LogP contribution in [0.15, 0.2) is 4.79 Å². The van der Waals surface area contributed by atoms with E-state index in [1.165, 1.54) is 23.3 Å². The lowest BCUT2D eigenvalue weighted by Gasteiger charge is -2.27. The lowest BCUT2D eigenvalue weighted by atomic mass is 10.1. The second kappa shape index (κ2) is 8.84. The van der Waals surface area contributed by atoms with Crippen molar-refractivity contribution < 1.29 is 5.11 Å². The Bertz CT molecular complexity index is 825. The predicted molar refractivity (Wildman–Crippen MR) is 112 cm³/mol. The molecule has 3 rings (SSSR count). The molecule has 0 amide bonds. The maximum Gasteiger partial charge on any atom is 0.259 e. The summed E-state index contributed by atoms with van der Waals surface area (Å²) in [7, 11) is 0. The lowest BCUT2D eigenvalue weighted by molar-refractivity contribution is 0.0671. The summed E-state index contributed by atoms with van der Waals surface area (Å²) < 4.78 is 0. The van der Waals surface area contributed by atoms with Gasteiger partial charge in [0.15, 0.2) is 0 Å². The van der Waals surface area contributed by atoms with Crippen LogP contribution >= 0.6 is 11.3 Å². The van der Waals surface area contributed by atoms with Gasteiger partial charge in [0.05, 0.1) is 18.0 Å². The van der Waals surface area contributed by atoms with Gasteiger partial charge in [0.1, 0.15) is 10.7 Å². The summed E-state index contributed by atoms with van der Waals surface area (Å²) in [6, 6.07) is 0. The number of aliphatic hydroxyl groups is 1. The third kappa shape index (κ3) is 4.98. The lowest BCUT2D eigenvalue weighted by Crippen LogP contribution is -2.37. The van der Waals surface area contributed by atoms with Crippen molar-refractivity contribution in [2.75, 3.05) is 13.1 Å². The van der Waals surface area contributed by atoms with Gasteiger partial charge in [-0.05, 0) is 43.1 Å². The molecule has 0 saturated heterocycles. The topological polar surface area (TPSA) is 69.2 Å². The highest BCUT2D eigenvalue weighted by Crippen LogP contribution is 2.32. The van der Waals surface area contributed by atoms with E-state index < -0.39 is 0 Å². The van der Waals surface area contributed by atoms with Crippen LogP contribution in [-0.2, 0) is 19.4 Å². The molecule has 1 aliphatic rings. The third-order valence-corrected chi connectivity index (χ3v) is 6.52. The third-order valence-electron chi connectivity index (χ3n) is 5.34. The molecule has 2 aromatic heterocycles. The van der Waals surface area contributed by atoms with E-state index in [2.05, 4.69) is 23.7 Å². The fraction of sp³-hybridized carbons (Fsp3) is 0.714. The van der Waals surface area contributed by atoms with E-state index in [-0.39, 0.29) is 17.6 Å². The molecule has 5 nitrogen and oxygen atoms in total. The summed E-state index contributed by atoms with van der Waals surface area (Å²) in [6.07, 6.45) is 5.31. The van der Waals surface area contributed by atoms with E-state index >= 15 is 0 Å². The van der Waals surface area contributed by atoms with Crippen LogP contribution < -0.4 is 5.56 Å². The summed E-state index contributed by atoms with van der Waals surface area (Å²) in [5.74, 6) is 1.40. The maximum absolute atomic E-state index is 12.8. The van der Waals surface area contributed by atoms with Crippen molar-refractivity contribution in [2.45, 2.75) is 72.4 Å². The number of aryl methyl sites for hydroxylation is 2. The Morgan fingerprint density at radius 1 is 1.15 bits per heavy atom. The average molecular weight is 392 g/mol.